The molecule has 9 heteroatoms. The van der Waals surface area contributed by atoms with Crippen molar-refractivity contribution in [3.8, 4) is 28.6 Å². The van der Waals surface area contributed by atoms with Crippen molar-refractivity contribution in [2.24, 2.45) is 0 Å². The number of nitrogens with zero attached hydrogens (tertiary/aromatic N) is 4. The summed E-state index contributed by atoms with van der Waals surface area (Å²) in [5, 5.41) is 11.3. The quantitative estimate of drug-likeness (QED) is 0.509. The van der Waals surface area contributed by atoms with E-state index in [-0.39, 0.29) is 11.6 Å². The molecule has 0 aromatic carbocycles. The number of aromatic nitrogens is 4. The zero-order valence-corrected chi connectivity index (χ0v) is 15.4. The van der Waals surface area contributed by atoms with Crippen molar-refractivity contribution in [2.75, 3.05) is 0 Å². The fourth-order valence-electron chi connectivity index (χ4n) is 3.31. The van der Waals surface area contributed by atoms with E-state index in [1.807, 2.05) is 0 Å². The van der Waals surface area contributed by atoms with Crippen LogP contribution in [0.3, 0.4) is 0 Å². The van der Waals surface area contributed by atoms with Gasteiger partial charge in [0.1, 0.15) is 5.75 Å². The summed E-state index contributed by atoms with van der Waals surface area (Å²) >= 11 is 0. The molecule has 0 aliphatic heterocycles. The summed E-state index contributed by atoms with van der Waals surface area (Å²) in [4.78, 5) is 12.0. The molecule has 0 aliphatic carbocycles. The normalized spacial score (nSPS) is 11.4. The van der Waals surface area contributed by atoms with Gasteiger partial charge in [0, 0.05) is 29.7 Å². The molecule has 4 aromatic heterocycles. The van der Waals surface area contributed by atoms with Gasteiger partial charge in [-0.3, -0.25) is 9.55 Å². The first-order valence-electron chi connectivity index (χ1n) is 8.59. The number of pyridine rings is 3. The van der Waals surface area contributed by atoms with Crippen LogP contribution < -0.4 is 4.74 Å². The van der Waals surface area contributed by atoms with Crippen molar-refractivity contribution < 1.29 is 23.0 Å². The number of fused-ring (bicyclic) bond motifs is 1. The molecule has 0 bridgehead atoms. The third-order valence-electron chi connectivity index (χ3n) is 4.53. The lowest BCUT2D eigenvalue weighted by Gasteiger charge is -2.07. The van der Waals surface area contributed by atoms with Crippen molar-refractivity contribution >= 4 is 10.9 Å². The molecule has 0 unspecified atom stereocenters. The van der Waals surface area contributed by atoms with Crippen LogP contribution in [-0.2, 0) is 0 Å². The Bertz CT molecular complexity index is 1220. The summed E-state index contributed by atoms with van der Waals surface area (Å²) in [5.41, 5.74) is 3.15. The Morgan fingerprint density at radius 1 is 1.14 bits per heavy atom. The molecule has 0 fully saturated rings. The second kappa shape index (κ2) is 7.08. The van der Waals surface area contributed by atoms with Crippen LogP contribution in [0.4, 0.5) is 13.2 Å². The molecular formula is C20H15F3N4O2. The van der Waals surface area contributed by atoms with E-state index in [1.54, 1.807) is 26.0 Å². The van der Waals surface area contributed by atoms with Crippen molar-refractivity contribution in [3.05, 3.63) is 60.1 Å². The second-order valence-electron chi connectivity index (χ2n) is 6.42. The predicted octanol–water partition coefficient (Wildman–Crippen LogP) is 4.55. The number of ether oxygens (including phenoxy) is 1. The van der Waals surface area contributed by atoms with Crippen LogP contribution in [0.2, 0.25) is 0 Å². The van der Waals surface area contributed by atoms with E-state index in [4.69, 9.17) is 0 Å². The third-order valence-corrected chi connectivity index (χ3v) is 4.53. The van der Waals surface area contributed by atoms with E-state index >= 15 is 0 Å². The number of rotatable bonds is 4. The lowest BCUT2D eigenvalue weighted by Crippen LogP contribution is -2.02. The van der Waals surface area contributed by atoms with Crippen molar-refractivity contribution in [2.45, 2.75) is 20.5 Å². The van der Waals surface area contributed by atoms with Crippen LogP contribution >= 0.6 is 0 Å². The molecule has 4 heterocycles. The Balaban J connectivity index is 1.89. The van der Waals surface area contributed by atoms with Crippen LogP contribution in [0.15, 0.2) is 42.9 Å². The smallest absolute Gasteiger partial charge is 0.387 e. The van der Waals surface area contributed by atoms with Gasteiger partial charge < -0.3 is 9.84 Å². The maximum Gasteiger partial charge on any atom is 0.387 e. The Morgan fingerprint density at radius 2 is 1.93 bits per heavy atom. The van der Waals surface area contributed by atoms with Crippen LogP contribution in [0.25, 0.3) is 27.8 Å². The maximum absolute atomic E-state index is 13.6. The average Bonchev–Trinajstić information content (AvgIpc) is 2.92. The molecule has 0 radical (unpaired) electrons. The molecule has 29 heavy (non-hydrogen) atoms. The fourth-order valence-corrected chi connectivity index (χ4v) is 3.31. The average molecular weight is 400 g/mol. The van der Waals surface area contributed by atoms with Crippen LogP contribution in [0.1, 0.15) is 11.3 Å². The van der Waals surface area contributed by atoms with E-state index < -0.39 is 12.6 Å². The SMILES string of the molecule is Cc1cc(-c2cncc(OC(F)F)c2)nc2c(C)n(-c3ccnc(F)c3)c(O)c12. The summed E-state index contributed by atoms with van der Waals surface area (Å²) in [6.45, 7) is 0.570. The van der Waals surface area contributed by atoms with E-state index in [0.29, 0.717) is 39.1 Å². The second-order valence-corrected chi connectivity index (χ2v) is 6.42. The summed E-state index contributed by atoms with van der Waals surface area (Å²) in [7, 11) is 0. The Hall–Kier alpha value is -3.62. The van der Waals surface area contributed by atoms with Crippen molar-refractivity contribution in [1.82, 2.24) is 19.5 Å². The lowest BCUT2D eigenvalue weighted by atomic mass is 10.1. The molecule has 6 nitrogen and oxygen atoms in total. The lowest BCUT2D eigenvalue weighted by molar-refractivity contribution is -0.0500. The zero-order chi connectivity index (χ0) is 20.7. The number of hydrogen-bond acceptors (Lipinski definition) is 5. The van der Waals surface area contributed by atoms with Gasteiger partial charge in [-0.05, 0) is 37.6 Å². The molecule has 0 spiro atoms. The van der Waals surface area contributed by atoms with E-state index in [2.05, 4.69) is 19.7 Å². The van der Waals surface area contributed by atoms with Gasteiger partial charge in [-0.2, -0.15) is 13.2 Å². The Kier molecular flexibility index (Phi) is 4.57. The molecule has 1 N–H and O–H groups in total. The van der Waals surface area contributed by atoms with Crippen molar-refractivity contribution in [3.63, 3.8) is 0 Å². The minimum Gasteiger partial charge on any atom is -0.494 e. The number of aromatic hydroxyl groups is 1. The highest BCUT2D eigenvalue weighted by Gasteiger charge is 2.20. The third kappa shape index (κ3) is 3.35. The predicted molar refractivity (Wildman–Crippen MR) is 99.8 cm³/mol. The largest absolute Gasteiger partial charge is 0.494 e. The molecule has 0 saturated heterocycles. The highest BCUT2D eigenvalue weighted by atomic mass is 19.3. The zero-order valence-electron chi connectivity index (χ0n) is 15.4. The number of alkyl halides is 2. The summed E-state index contributed by atoms with van der Waals surface area (Å²) in [6, 6.07) is 5.90. The first-order valence-corrected chi connectivity index (χ1v) is 8.59. The van der Waals surface area contributed by atoms with Gasteiger partial charge in [-0.1, -0.05) is 0 Å². The first kappa shape index (κ1) is 18.7. The molecule has 0 aliphatic rings. The van der Waals surface area contributed by atoms with Gasteiger partial charge in [0.2, 0.25) is 11.8 Å². The van der Waals surface area contributed by atoms with Gasteiger partial charge in [-0.15, -0.1) is 0 Å². The van der Waals surface area contributed by atoms with Crippen LogP contribution in [0, 0.1) is 19.8 Å². The van der Waals surface area contributed by atoms with Gasteiger partial charge in [0.25, 0.3) is 0 Å². The molecular weight excluding hydrogens is 385 g/mol. The van der Waals surface area contributed by atoms with Gasteiger partial charge >= 0.3 is 6.61 Å². The van der Waals surface area contributed by atoms with Crippen LogP contribution in [0.5, 0.6) is 11.6 Å². The monoisotopic (exact) mass is 400 g/mol. The minimum atomic E-state index is -2.96. The van der Waals surface area contributed by atoms with E-state index in [0.717, 1.165) is 0 Å². The number of aryl methyl sites for hydroxylation is 2. The molecule has 0 atom stereocenters. The van der Waals surface area contributed by atoms with Crippen LogP contribution in [-0.4, -0.2) is 31.2 Å². The molecule has 4 rings (SSSR count). The topological polar surface area (TPSA) is 73.1 Å². The number of hydrogen-bond donors (Lipinski definition) is 1. The van der Waals surface area contributed by atoms with Gasteiger partial charge in [0.15, 0.2) is 0 Å². The molecule has 0 saturated carbocycles. The minimum absolute atomic E-state index is 0.0763. The van der Waals surface area contributed by atoms with E-state index in [9.17, 15) is 18.3 Å². The first-order chi connectivity index (χ1) is 13.8. The Morgan fingerprint density at radius 3 is 2.66 bits per heavy atom. The Labute approximate surface area is 163 Å². The van der Waals surface area contributed by atoms with E-state index in [1.165, 1.54) is 35.3 Å². The fraction of sp³-hybridized carbons (Fsp3) is 0.150. The van der Waals surface area contributed by atoms with Gasteiger partial charge in [0.05, 0.1) is 28.5 Å². The molecule has 4 aromatic rings. The molecule has 0 amide bonds. The highest BCUT2D eigenvalue weighted by molar-refractivity contribution is 5.93. The summed E-state index contributed by atoms with van der Waals surface area (Å²) in [6.07, 6.45) is 3.98. The summed E-state index contributed by atoms with van der Waals surface area (Å²) in [5.74, 6) is -0.833. The number of halogens is 3. The summed E-state index contributed by atoms with van der Waals surface area (Å²) < 4.78 is 44.4. The maximum atomic E-state index is 13.6. The van der Waals surface area contributed by atoms with Gasteiger partial charge in [-0.25, -0.2) is 9.97 Å². The standard InChI is InChI=1S/C20H15F3N4O2/c1-10-5-15(12-6-14(9-24-8-12)29-20(22)23)26-18-11(2)27(19(28)17(10)18)13-3-4-25-16(21)7-13/h3-9,20,28H,1-2H3. The molecule has 148 valence electrons. The highest BCUT2D eigenvalue weighted by Crippen LogP contribution is 2.37. The van der Waals surface area contributed by atoms with Crippen molar-refractivity contribution in [1.29, 1.82) is 0 Å².